The summed E-state index contributed by atoms with van der Waals surface area (Å²) in [4.78, 5) is 33.3. The summed E-state index contributed by atoms with van der Waals surface area (Å²) >= 11 is 0. The predicted molar refractivity (Wildman–Crippen MR) is 70.3 cm³/mol. The molecule has 0 aromatic heterocycles. The van der Waals surface area contributed by atoms with Crippen LogP contribution < -0.4 is 0 Å². The summed E-state index contributed by atoms with van der Waals surface area (Å²) in [5.41, 5.74) is 0. The Hall–Kier alpha value is -2.29. The second kappa shape index (κ2) is 8.75. The van der Waals surface area contributed by atoms with E-state index >= 15 is 0 Å². The summed E-state index contributed by atoms with van der Waals surface area (Å²) in [7, 11) is 0. The predicted octanol–water partition coefficient (Wildman–Crippen LogP) is 0.991. The molecule has 0 aromatic carbocycles. The van der Waals surface area contributed by atoms with Crippen molar-refractivity contribution in [1.82, 2.24) is 0 Å². The van der Waals surface area contributed by atoms with Crippen molar-refractivity contribution in [2.45, 2.75) is 45.5 Å². The van der Waals surface area contributed by atoms with Gasteiger partial charge in [-0.1, -0.05) is 6.58 Å². The zero-order chi connectivity index (χ0) is 15.7. The number of hydrogen-bond donors (Lipinski definition) is 0. The minimum Gasteiger partial charge on any atom is -0.457 e. The van der Waals surface area contributed by atoms with Gasteiger partial charge < -0.3 is 14.2 Å². The fourth-order valence-corrected chi connectivity index (χ4v) is 1.54. The average Bonchev–Trinajstić information content (AvgIpc) is 2.31. The van der Waals surface area contributed by atoms with E-state index in [1.165, 1.54) is 26.8 Å². The van der Waals surface area contributed by atoms with E-state index < -0.39 is 36.2 Å². The molecular formula is C14H18O6. The van der Waals surface area contributed by atoms with Crippen LogP contribution >= 0.6 is 0 Å². The molecule has 0 aromatic rings. The summed E-state index contributed by atoms with van der Waals surface area (Å²) in [6.45, 7) is 7.08. The SMILES string of the molecule is C#CC[C@@H](OC(C)=O)[C@H](OC(C)=O)[C@@H](C=C)OC(C)=O. The quantitative estimate of drug-likeness (QED) is 0.300. The van der Waals surface area contributed by atoms with Crippen LogP contribution in [0.25, 0.3) is 0 Å². The highest BCUT2D eigenvalue weighted by Crippen LogP contribution is 2.17. The van der Waals surface area contributed by atoms with Crippen molar-refractivity contribution >= 4 is 17.9 Å². The van der Waals surface area contributed by atoms with E-state index in [0.29, 0.717) is 0 Å². The monoisotopic (exact) mass is 282 g/mol. The van der Waals surface area contributed by atoms with Crippen LogP contribution in [-0.2, 0) is 28.6 Å². The Morgan fingerprint density at radius 3 is 1.95 bits per heavy atom. The van der Waals surface area contributed by atoms with E-state index in [9.17, 15) is 14.4 Å². The minimum absolute atomic E-state index is 0.00311. The molecular weight excluding hydrogens is 264 g/mol. The summed E-state index contributed by atoms with van der Waals surface area (Å²) < 4.78 is 15.1. The summed E-state index contributed by atoms with van der Waals surface area (Å²) in [5, 5.41) is 0. The van der Waals surface area contributed by atoms with Gasteiger partial charge in [-0.15, -0.1) is 12.3 Å². The van der Waals surface area contributed by atoms with Crippen LogP contribution in [0.5, 0.6) is 0 Å². The number of ether oxygens (including phenoxy) is 3. The molecule has 0 saturated carbocycles. The minimum atomic E-state index is -1.05. The lowest BCUT2D eigenvalue weighted by Crippen LogP contribution is -2.44. The summed E-state index contributed by atoms with van der Waals surface area (Å²) in [6, 6.07) is 0. The number of carbonyl (C=O) groups is 3. The molecule has 6 heteroatoms. The van der Waals surface area contributed by atoms with Crippen LogP contribution in [-0.4, -0.2) is 36.2 Å². The first-order valence-electron chi connectivity index (χ1n) is 5.89. The molecule has 0 aliphatic carbocycles. The van der Waals surface area contributed by atoms with Gasteiger partial charge in [0.15, 0.2) is 18.3 Å². The van der Waals surface area contributed by atoms with Crippen LogP contribution in [0.4, 0.5) is 0 Å². The molecule has 110 valence electrons. The van der Waals surface area contributed by atoms with Crippen molar-refractivity contribution in [1.29, 1.82) is 0 Å². The Kier molecular flexibility index (Phi) is 7.75. The summed E-state index contributed by atoms with van der Waals surface area (Å²) in [6.07, 6.45) is 3.55. The molecule has 0 spiro atoms. The topological polar surface area (TPSA) is 78.9 Å². The van der Waals surface area contributed by atoms with Gasteiger partial charge in [0.2, 0.25) is 0 Å². The Morgan fingerprint density at radius 2 is 1.60 bits per heavy atom. The number of esters is 3. The molecule has 20 heavy (non-hydrogen) atoms. The number of terminal acetylenes is 1. The molecule has 0 N–H and O–H groups in total. The first-order chi connectivity index (χ1) is 9.31. The molecule has 0 saturated heterocycles. The van der Waals surface area contributed by atoms with E-state index in [4.69, 9.17) is 20.6 Å². The van der Waals surface area contributed by atoms with E-state index in [1.807, 2.05) is 0 Å². The van der Waals surface area contributed by atoms with Gasteiger partial charge in [-0.2, -0.15) is 0 Å². The van der Waals surface area contributed by atoms with Gasteiger partial charge >= 0.3 is 17.9 Å². The van der Waals surface area contributed by atoms with Gasteiger partial charge in [0.05, 0.1) is 0 Å². The first-order valence-corrected chi connectivity index (χ1v) is 5.89. The highest BCUT2D eigenvalue weighted by atomic mass is 16.6. The molecule has 0 heterocycles. The van der Waals surface area contributed by atoms with Gasteiger partial charge in [-0.3, -0.25) is 14.4 Å². The van der Waals surface area contributed by atoms with E-state index in [-0.39, 0.29) is 6.42 Å². The zero-order valence-electron chi connectivity index (χ0n) is 11.8. The standard InChI is InChI=1S/C14H18O6/c1-6-8-13(19-10(4)16)14(20-11(5)17)12(7-2)18-9(3)15/h1,7,12-14H,2,8H2,3-5H3/t12-,13-,14-/m1/s1. The zero-order valence-corrected chi connectivity index (χ0v) is 11.8. The normalized spacial score (nSPS) is 14.1. The Morgan fingerprint density at radius 1 is 1.10 bits per heavy atom. The van der Waals surface area contributed by atoms with Crippen LogP contribution in [0.2, 0.25) is 0 Å². The Bertz CT molecular complexity index is 420. The molecule has 0 amide bonds. The third-order valence-electron chi connectivity index (χ3n) is 2.16. The van der Waals surface area contributed by atoms with Crippen molar-refractivity contribution in [2.24, 2.45) is 0 Å². The van der Waals surface area contributed by atoms with Crippen LogP contribution in [0, 0.1) is 12.3 Å². The van der Waals surface area contributed by atoms with Gasteiger partial charge in [-0.25, -0.2) is 0 Å². The molecule has 3 atom stereocenters. The van der Waals surface area contributed by atoms with Crippen molar-refractivity contribution in [3.63, 3.8) is 0 Å². The smallest absolute Gasteiger partial charge is 0.303 e. The van der Waals surface area contributed by atoms with E-state index in [1.54, 1.807) is 0 Å². The maximum atomic E-state index is 11.2. The first kappa shape index (κ1) is 17.7. The second-order valence-electron chi connectivity index (χ2n) is 3.94. The average molecular weight is 282 g/mol. The molecule has 0 aliphatic rings. The van der Waals surface area contributed by atoms with Gasteiger partial charge in [0.1, 0.15) is 0 Å². The fourth-order valence-electron chi connectivity index (χ4n) is 1.54. The van der Waals surface area contributed by atoms with Crippen molar-refractivity contribution in [3.8, 4) is 12.3 Å². The van der Waals surface area contributed by atoms with Crippen molar-refractivity contribution < 1.29 is 28.6 Å². The summed E-state index contributed by atoms with van der Waals surface area (Å²) in [5.74, 6) is 0.515. The van der Waals surface area contributed by atoms with Crippen molar-refractivity contribution in [2.75, 3.05) is 0 Å². The number of hydrogen-bond acceptors (Lipinski definition) is 6. The van der Waals surface area contributed by atoms with Gasteiger partial charge in [0, 0.05) is 27.2 Å². The van der Waals surface area contributed by atoms with E-state index in [2.05, 4.69) is 12.5 Å². The van der Waals surface area contributed by atoms with Crippen LogP contribution in [0.1, 0.15) is 27.2 Å². The lowest BCUT2D eigenvalue weighted by Gasteiger charge is -2.29. The van der Waals surface area contributed by atoms with Crippen molar-refractivity contribution in [3.05, 3.63) is 12.7 Å². The largest absolute Gasteiger partial charge is 0.457 e. The van der Waals surface area contributed by atoms with E-state index in [0.717, 1.165) is 0 Å². The highest BCUT2D eigenvalue weighted by molar-refractivity contribution is 5.68. The van der Waals surface area contributed by atoms with Crippen LogP contribution in [0.15, 0.2) is 12.7 Å². The molecule has 0 bridgehead atoms. The van der Waals surface area contributed by atoms with Gasteiger partial charge in [0.25, 0.3) is 0 Å². The van der Waals surface area contributed by atoms with Gasteiger partial charge in [-0.05, 0) is 6.08 Å². The molecule has 0 aliphatic heterocycles. The fraction of sp³-hybridized carbons (Fsp3) is 0.500. The lowest BCUT2D eigenvalue weighted by atomic mass is 10.0. The molecule has 0 fully saturated rings. The maximum Gasteiger partial charge on any atom is 0.303 e. The highest BCUT2D eigenvalue weighted by Gasteiger charge is 2.34. The van der Waals surface area contributed by atoms with Crippen LogP contribution in [0.3, 0.4) is 0 Å². The third kappa shape index (κ3) is 6.59. The third-order valence-corrected chi connectivity index (χ3v) is 2.16. The Balaban J connectivity index is 5.28. The Labute approximate surface area is 118 Å². The molecule has 0 rings (SSSR count). The number of carbonyl (C=O) groups excluding carboxylic acids is 3. The molecule has 0 unspecified atom stereocenters. The lowest BCUT2D eigenvalue weighted by molar-refractivity contribution is -0.178. The molecule has 6 nitrogen and oxygen atoms in total. The molecule has 0 radical (unpaired) electrons. The number of rotatable bonds is 7. The maximum absolute atomic E-state index is 11.2. The second-order valence-corrected chi connectivity index (χ2v) is 3.94.